The number of hydrogen-bond donors (Lipinski definition) is 2. The summed E-state index contributed by atoms with van der Waals surface area (Å²) in [5.74, 6) is 0.130. The number of amides is 2. The Balaban J connectivity index is 1.48. The standard InChI is InChI=1S/C24H25N5O4/c1-33-14-21-24(32)28(13-17-4-8-19-20(12-17)26-15-27-23(19)25)10-11-29(21)22(31)9-5-16-2-6-18(30)7-3-16/h2-9,12,15,21,30H,10-11,13-14H2,1H3,(H2,25,26,27)/b9-5+/t21-/m0/s1. The molecule has 4 rings (SSSR count). The van der Waals surface area contributed by atoms with E-state index < -0.39 is 6.04 Å². The van der Waals surface area contributed by atoms with E-state index in [2.05, 4.69) is 9.97 Å². The molecule has 1 fully saturated rings. The van der Waals surface area contributed by atoms with Crippen LogP contribution in [-0.2, 0) is 20.9 Å². The van der Waals surface area contributed by atoms with Gasteiger partial charge in [-0.15, -0.1) is 0 Å². The third-order valence-electron chi connectivity index (χ3n) is 5.61. The van der Waals surface area contributed by atoms with Gasteiger partial charge in [0.15, 0.2) is 0 Å². The van der Waals surface area contributed by atoms with Crippen LogP contribution in [0, 0.1) is 0 Å². The van der Waals surface area contributed by atoms with E-state index in [4.69, 9.17) is 10.5 Å². The minimum Gasteiger partial charge on any atom is -0.508 e. The van der Waals surface area contributed by atoms with Crippen molar-refractivity contribution in [1.82, 2.24) is 19.8 Å². The molecule has 9 nitrogen and oxygen atoms in total. The molecule has 1 aromatic heterocycles. The van der Waals surface area contributed by atoms with Gasteiger partial charge in [0.2, 0.25) is 11.8 Å². The van der Waals surface area contributed by atoms with Crippen LogP contribution in [0.4, 0.5) is 5.82 Å². The molecule has 0 radical (unpaired) electrons. The number of aromatic nitrogens is 2. The zero-order valence-corrected chi connectivity index (χ0v) is 18.2. The number of carbonyl (C=O) groups is 2. The van der Waals surface area contributed by atoms with Gasteiger partial charge in [0, 0.05) is 38.2 Å². The van der Waals surface area contributed by atoms with Crippen molar-refractivity contribution in [2.75, 3.05) is 32.5 Å². The maximum Gasteiger partial charge on any atom is 0.248 e. The summed E-state index contributed by atoms with van der Waals surface area (Å²) >= 11 is 0. The Labute approximate surface area is 191 Å². The van der Waals surface area contributed by atoms with Gasteiger partial charge in [-0.1, -0.05) is 18.2 Å². The smallest absolute Gasteiger partial charge is 0.248 e. The maximum atomic E-state index is 13.2. The van der Waals surface area contributed by atoms with Gasteiger partial charge in [0.1, 0.15) is 23.9 Å². The highest BCUT2D eigenvalue weighted by Crippen LogP contribution is 2.21. The SMILES string of the molecule is COC[C@H]1C(=O)N(Cc2ccc3c(N)ncnc3c2)CCN1C(=O)/C=C/c1ccc(O)cc1. The molecule has 0 spiro atoms. The van der Waals surface area contributed by atoms with Crippen LogP contribution in [0.3, 0.4) is 0 Å². The molecule has 2 amide bonds. The van der Waals surface area contributed by atoms with Crippen LogP contribution in [-0.4, -0.2) is 69.5 Å². The third-order valence-corrected chi connectivity index (χ3v) is 5.61. The molecule has 170 valence electrons. The summed E-state index contributed by atoms with van der Waals surface area (Å²) < 4.78 is 5.25. The molecule has 1 aliphatic heterocycles. The number of benzene rings is 2. The van der Waals surface area contributed by atoms with Crippen LogP contribution >= 0.6 is 0 Å². The Morgan fingerprint density at radius 2 is 2.00 bits per heavy atom. The van der Waals surface area contributed by atoms with Gasteiger partial charge in [-0.25, -0.2) is 9.97 Å². The Kier molecular flexibility index (Phi) is 6.50. The Morgan fingerprint density at radius 3 is 2.76 bits per heavy atom. The molecule has 1 atom stereocenters. The highest BCUT2D eigenvalue weighted by Gasteiger charge is 2.36. The molecule has 0 bridgehead atoms. The van der Waals surface area contributed by atoms with Gasteiger partial charge in [-0.3, -0.25) is 9.59 Å². The predicted molar refractivity (Wildman–Crippen MR) is 124 cm³/mol. The summed E-state index contributed by atoms with van der Waals surface area (Å²) in [6.07, 6.45) is 4.51. The number of methoxy groups -OCH3 is 1. The van der Waals surface area contributed by atoms with Crippen molar-refractivity contribution >= 4 is 34.6 Å². The van der Waals surface area contributed by atoms with Crippen LogP contribution in [0.15, 0.2) is 54.9 Å². The van der Waals surface area contributed by atoms with E-state index in [1.54, 1.807) is 35.2 Å². The van der Waals surface area contributed by atoms with Crippen molar-refractivity contribution in [3.05, 3.63) is 66.0 Å². The predicted octanol–water partition coefficient (Wildman–Crippen LogP) is 1.82. The number of phenolic OH excluding ortho intramolecular Hbond substituents is 1. The normalized spacial score (nSPS) is 16.6. The molecule has 2 aromatic carbocycles. The summed E-state index contributed by atoms with van der Waals surface area (Å²) in [7, 11) is 1.51. The van der Waals surface area contributed by atoms with Gasteiger partial charge < -0.3 is 25.4 Å². The number of carbonyl (C=O) groups excluding carboxylic acids is 2. The molecule has 0 aliphatic carbocycles. The zero-order chi connectivity index (χ0) is 23.4. The van der Waals surface area contributed by atoms with E-state index in [0.29, 0.717) is 31.0 Å². The second kappa shape index (κ2) is 9.66. The van der Waals surface area contributed by atoms with E-state index >= 15 is 0 Å². The molecule has 9 heteroatoms. The molecule has 3 N–H and O–H groups in total. The number of fused-ring (bicyclic) bond motifs is 1. The first-order valence-corrected chi connectivity index (χ1v) is 10.5. The Hall–Kier alpha value is -3.98. The second-order valence-corrected chi connectivity index (χ2v) is 7.80. The van der Waals surface area contributed by atoms with Crippen LogP contribution < -0.4 is 5.73 Å². The first kappa shape index (κ1) is 22.2. The van der Waals surface area contributed by atoms with Crippen molar-refractivity contribution in [3.8, 4) is 5.75 Å². The molecule has 0 unspecified atom stereocenters. The summed E-state index contributed by atoms with van der Waals surface area (Å²) in [5, 5.41) is 10.2. The molecule has 3 aromatic rings. The average Bonchev–Trinajstić information content (AvgIpc) is 2.81. The van der Waals surface area contributed by atoms with E-state index in [0.717, 1.165) is 16.5 Å². The molecule has 1 saturated heterocycles. The lowest BCUT2D eigenvalue weighted by Crippen LogP contribution is -2.59. The summed E-state index contributed by atoms with van der Waals surface area (Å²) in [6.45, 7) is 1.29. The number of piperazine rings is 1. The van der Waals surface area contributed by atoms with Crippen molar-refractivity contribution in [3.63, 3.8) is 0 Å². The minimum absolute atomic E-state index is 0.107. The zero-order valence-electron chi connectivity index (χ0n) is 18.2. The second-order valence-electron chi connectivity index (χ2n) is 7.80. The lowest BCUT2D eigenvalue weighted by molar-refractivity contribution is -0.152. The van der Waals surface area contributed by atoms with Gasteiger partial charge in [-0.05, 0) is 41.5 Å². The number of hydrogen-bond acceptors (Lipinski definition) is 7. The number of nitrogens with zero attached hydrogens (tertiary/aromatic N) is 4. The van der Waals surface area contributed by atoms with Gasteiger partial charge in [0.25, 0.3) is 0 Å². The first-order chi connectivity index (χ1) is 16.0. The highest BCUT2D eigenvalue weighted by atomic mass is 16.5. The molecule has 2 heterocycles. The monoisotopic (exact) mass is 447 g/mol. The lowest BCUT2D eigenvalue weighted by Gasteiger charge is -2.40. The number of aromatic hydroxyl groups is 1. The summed E-state index contributed by atoms with van der Waals surface area (Å²) in [6, 6.07) is 11.4. The Bertz CT molecular complexity index is 1200. The number of rotatable bonds is 6. The number of anilines is 1. The number of phenols is 1. The molecule has 1 aliphatic rings. The fourth-order valence-electron chi connectivity index (χ4n) is 3.87. The van der Waals surface area contributed by atoms with Gasteiger partial charge in [-0.2, -0.15) is 0 Å². The van der Waals surface area contributed by atoms with Crippen LogP contribution in [0.1, 0.15) is 11.1 Å². The molecule has 0 saturated carbocycles. The minimum atomic E-state index is -0.709. The van der Waals surface area contributed by atoms with Crippen molar-refractivity contribution in [2.45, 2.75) is 12.6 Å². The van der Waals surface area contributed by atoms with Crippen LogP contribution in [0.25, 0.3) is 17.0 Å². The topological polar surface area (TPSA) is 122 Å². The maximum absolute atomic E-state index is 13.2. The van der Waals surface area contributed by atoms with E-state index in [-0.39, 0.29) is 24.2 Å². The van der Waals surface area contributed by atoms with Crippen molar-refractivity contribution < 1.29 is 19.4 Å². The lowest BCUT2D eigenvalue weighted by atomic mass is 10.1. The average molecular weight is 447 g/mol. The van der Waals surface area contributed by atoms with E-state index in [9.17, 15) is 14.7 Å². The van der Waals surface area contributed by atoms with Gasteiger partial charge in [0.05, 0.1) is 12.1 Å². The Morgan fingerprint density at radius 1 is 1.21 bits per heavy atom. The summed E-state index contributed by atoms with van der Waals surface area (Å²) in [5.41, 5.74) is 8.30. The van der Waals surface area contributed by atoms with Crippen LogP contribution in [0.5, 0.6) is 5.75 Å². The fourth-order valence-corrected chi connectivity index (χ4v) is 3.87. The molecular weight excluding hydrogens is 422 g/mol. The van der Waals surface area contributed by atoms with Crippen molar-refractivity contribution in [1.29, 1.82) is 0 Å². The van der Waals surface area contributed by atoms with E-state index in [1.807, 2.05) is 18.2 Å². The number of nitrogen functional groups attached to an aromatic ring is 1. The number of nitrogens with two attached hydrogens (primary N) is 1. The first-order valence-electron chi connectivity index (χ1n) is 10.5. The largest absolute Gasteiger partial charge is 0.508 e. The fraction of sp³-hybridized carbons (Fsp3) is 0.250. The number of ether oxygens (including phenoxy) is 1. The van der Waals surface area contributed by atoms with Crippen molar-refractivity contribution in [2.24, 2.45) is 0 Å². The van der Waals surface area contributed by atoms with Gasteiger partial charge >= 0.3 is 0 Å². The third kappa shape index (κ3) is 4.93. The quantitative estimate of drug-likeness (QED) is 0.553. The highest BCUT2D eigenvalue weighted by molar-refractivity contribution is 5.96. The molecular formula is C24H25N5O4. The summed E-state index contributed by atoms with van der Waals surface area (Å²) in [4.78, 5) is 37.6. The molecule has 33 heavy (non-hydrogen) atoms. The van der Waals surface area contributed by atoms with Crippen LogP contribution in [0.2, 0.25) is 0 Å². The van der Waals surface area contributed by atoms with E-state index in [1.165, 1.54) is 24.4 Å².